The molecule has 6 rings (SSSR count). The normalized spacial score (nSPS) is 9.41. The minimum atomic E-state index is -0.687. The number of halogens is 4. The van der Waals surface area contributed by atoms with Gasteiger partial charge in [-0.15, -0.1) is 36.4 Å². The molecular formula is C30H14F4N2Ti-8. The van der Waals surface area contributed by atoms with E-state index < -0.39 is 23.3 Å². The topological polar surface area (TPSA) is 9.86 Å². The Balaban J connectivity index is 0.000000187. The molecule has 0 bridgehead atoms. The molecule has 2 nitrogen and oxygen atoms in total. The fraction of sp³-hybridized carbons (Fsp3) is 0. The van der Waals surface area contributed by atoms with E-state index in [1.807, 2.05) is 12.1 Å². The Bertz CT molecular complexity index is 1220. The van der Waals surface area contributed by atoms with Crippen LogP contribution in [-0.2, 0) is 21.7 Å². The van der Waals surface area contributed by atoms with E-state index in [2.05, 4.69) is 48.5 Å². The second-order valence-electron chi connectivity index (χ2n) is 6.56. The Hall–Kier alpha value is -3.87. The van der Waals surface area contributed by atoms with E-state index in [4.69, 9.17) is 0 Å². The molecule has 0 spiro atoms. The third-order valence-corrected chi connectivity index (χ3v) is 4.15. The smallest absolute Gasteiger partial charge is 0.999 e. The van der Waals surface area contributed by atoms with Crippen molar-refractivity contribution in [1.82, 2.24) is 9.13 Å². The van der Waals surface area contributed by atoms with Crippen LogP contribution in [0.5, 0.6) is 0 Å². The van der Waals surface area contributed by atoms with Gasteiger partial charge in [0.1, 0.15) is 0 Å². The summed E-state index contributed by atoms with van der Waals surface area (Å²) < 4.78 is 54.3. The molecule has 0 unspecified atom stereocenters. The van der Waals surface area contributed by atoms with Crippen molar-refractivity contribution in [1.29, 1.82) is 0 Å². The van der Waals surface area contributed by atoms with Gasteiger partial charge in [0.25, 0.3) is 0 Å². The van der Waals surface area contributed by atoms with E-state index in [0.29, 0.717) is 11.4 Å². The Labute approximate surface area is 228 Å². The first-order valence-electron chi connectivity index (χ1n) is 10.2. The van der Waals surface area contributed by atoms with E-state index in [-0.39, 0.29) is 21.7 Å². The fourth-order valence-electron chi connectivity index (χ4n) is 2.62. The van der Waals surface area contributed by atoms with E-state index in [1.165, 1.54) is 24.3 Å². The number of benzene rings is 2. The average molecular weight is 526 g/mol. The fourth-order valence-corrected chi connectivity index (χ4v) is 2.62. The molecule has 0 saturated heterocycles. The predicted octanol–water partition coefficient (Wildman–Crippen LogP) is 6.32. The van der Waals surface area contributed by atoms with Crippen molar-refractivity contribution < 1.29 is 39.3 Å². The second-order valence-corrected chi connectivity index (χ2v) is 6.56. The van der Waals surface area contributed by atoms with Gasteiger partial charge in [0.2, 0.25) is 0 Å². The Kier molecular flexibility index (Phi) is 12.7. The largest absolute Gasteiger partial charge is 4.00 e. The van der Waals surface area contributed by atoms with Gasteiger partial charge in [0.05, 0.1) is 0 Å². The third kappa shape index (κ3) is 9.96. The molecular weight excluding hydrogens is 512 g/mol. The maximum Gasteiger partial charge on any atom is 4.00 e. The van der Waals surface area contributed by atoms with Gasteiger partial charge < -0.3 is 69.8 Å². The standard InChI is InChI=1S/2C10H6F2N.2C5H.Ti/c2*11-8-3-4-10(9(12)7-8)13-5-1-2-6-13;2*1-2-4-5-3-1;/h2*1-6H;2*1H;/q2*-1;2*-5;+4. The molecule has 0 aliphatic carbocycles. The van der Waals surface area contributed by atoms with Crippen LogP contribution < -0.4 is 0 Å². The summed E-state index contributed by atoms with van der Waals surface area (Å²) in [6.07, 6.45) is 6.74. The predicted molar refractivity (Wildman–Crippen MR) is 124 cm³/mol. The molecule has 184 valence electrons. The molecule has 0 amide bonds. The summed E-state index contributed by atoms with van der Waals surface area (Å²) >= 11 is 0. The van der Waals surface area contributed by atoms with Crippen molar-refractivity contribution in [3.63, 3.8) is 0 Å². The number of hydrogen-bond acceptors (Lipinski definition) is 0. The summed E-state index contributed by atoms with van der Waals surface area (Å²) in [5.74, 6) is -2.74. The summed E-state index contributed by atoms with van der Waals surface area (Å²) in [5, 5.41) is 0. The summed E-state index contributed by atoms with van der Waals surface area (Å²) in [5.41, 5.74) is 0.595. The minimum absolute atomic E-state index is 0. The molecule has 0 atom stereocenters. The molecule has 0 fully saturated rings. The Morgan fingerprint density at radius 2 is 0.838 bits per heavy atom. The van der Waals surface area contributed by atoms with Crippen LogP contribution in [0.3, 0.4) is 0 Å². The first-order chi connectivity index (χ1) is 17.5. The van der Waals surface area contributed by atoms with E-state index in [1.54, 1.807) is 70.3 Å². The third-order valence-electron chi connectivity index (χ3n) is 4.15. The van der Waals surface area contributed by atoms with Crippen molar-refractivity contribution in [2.45, 2.75) is 0 Å². The zero-order valence-corrected chi connectivity index (χ0v) is 20.6. The maximum atomic E-state index is 13.1. The first-order valence-corrected chi connectivity index (χ1v) is 10.2. The summed E-state index contributed by atoms with van der Waals surface area (Å²) in [6.45, 7) is 0. The molecule has 2 heterocycles. The van der Waals surface area contributed by atoms with Crippen LogP contribution in [0.4, 0.5) is 17.6 Å². The van der Waals surface area contributed by atoms with Gasteiger partial charge in [-0.1, -0.05) is 0 Å². The van der Waals surface area contributed by atoms with Crippen molar-refractivity contribution in [2.75, 3.05) is 0 Å². The second kappa shape index (κ2) is 16.0. The number of nitrogens with zero attached hydrogens (tertiary/aromatic N) is 2. The van der Waals surface area contributed by atoms with Crippen LogP contribution in [0.2, 0.25) is 0 Å². The van der Waals surface area contributed by atoms with E-state index >= 15 is 0 Å². The van der Waals surface area contributed by atoms with Gasteiger partial charge >= 0.3 is 21.7 Å². The number of hydrogen-bond donors (Lipinski definition) is 0. The SMILES string of the molecule is Fc1[c-]c(F)c(-n2cccc2)cc1.Fc1[c-]c(F)c(-n2cccc2)cc1.[Ti+4].[c-]1[c-][c-][cH-][c-]1.[c-]1[c-][c-][cH-][c-]1. The molecule has 37 heavy (non-hydrogen) atoms. The molecule has 0 radical (unpaired) electrons. The summed E-state index contributed by atoms with van der Waals surface area (Å²) in [4.78, 5) is 0. The molecule has 4 aromatic carbocycles. The number of aromatic nitrogens is 2. The molecule has 0 N–H and O–H groups in total. The van der Waals surface area contributed by atoms with Crippen molar-refractivity contribution >= 4 is 0 Å². The maximum absolute atomic E-state index is 13.1. The molecule has 7 heteroatoms. The molecule has 6 aromatic rings. The summed E-state index contributed by atoms with van der Waals surface area (Å²) in [7, 11) is 0. The van der Waals surface area contributed by atoms with Gasteiger partial charge in [0.15, 0.2) is 0 Å². The van der Waals surface area contributed by atoms with Gasteiger partial charge in [0, 0.05) is 23.3 Å². The van der Waals surface area contributed by atoms with E-state index in [0.717, 1.165) is 0 Å². The van der Waals surface area contributed by atoms with Crippen LogP contribution >= 0.6 is 0 Å². The zero-order valence-electron chi connectivity index (χ0n) is 19.0. The Morgan fingerprint density at radius 1 is 0.514 bits per heavy atom. The van der Waals surface area contributed by atoms with Gasteiger partial charge in [-0.3, -0.25) is 0 Å². The molecule has 0 aliphatic heterocycles. The zero-order chi connectivity index (χ0) is 25.6. The van der Waals surface area contributed by atoms with Gasteiger partial charge in [-0.2, -0.15) is 0 Å². The monoisotopic (exact) mass is 526 g/mol. The first kappa shape index (κ1) is 29.4. The van der Waals surface area contributed by atoms with E-state index in [9.17, 15) is 17.6 Å². The van der Waals surface area contributed by atoms with Gasteiger partial charge in [-0.25, -0.2) is 17.6 Å². The van der Waals surface area contributed by atoms with Gasteiger partial charge in [-0.05, 0) is 60.4 Å². The molecule has 0 saturated carbocycles. The number of rotatable bonds is 2. The Morgan fingerprint density at radius 3 is 1.08 bits per heavy atom. The van der Waals surface area contributed by atoms with Crippen molar-refractivity contribution in [3.05, 3.63) is 169 Å². The molecule has 2 aromatic heterocycles. The van der Waals surface area contributed by atoms with Crippen LogP contribution in [0.1, 0.15) is 0 Å². The molecule has 0 aliphatic rings. The van der Waals surface area contributed by atoms with Crippen LogP contribution in [0.15, 0.2) is 85.5 Å². The van der Waals surface area contributed by atoms with Crippen molar-refractivity contribution in [2.24, 2.45) is 0 Å². The van der Waals surface area contributed by atoms with Crippen LogP contribution in [0.25, 0.3) is 11.4 Å². The van der Waals surface area contributed by atoms with Crippen LogP contribution in [0, 0.1) is 83.9 Å². The van der Waals surface area contributed by atoms with Crippen LogP contribution in [-0.4, -0.2) is 9.13 Å². The minimum Gasteiger partial charge on any atom is -0.999 e. The quantitative estimate of drug-likeness (QED) is 0.142. The van der Waals surface area contributed by atoms with Crippen molar-refractivity contribution in [3.8, 4) is 11.4 Å². The summed E-state index contributed by atoms with van der Waals surface area (Å²) in [6, 6.07) is 40.1. The average Bonchev–Trinajstić information content (AvgIpc) is 3.69.